The van der Waals surface area contributed by atoms with E-state index in [1.54, 1.807) is 18.7 Å². The maximum Gasteiger partial charge on any atom is 0.308 e. The number of aryl methyl sites for hydroxylation is 1. The molecule has 0 aliphatic carbocycles. The molecule has 0 atom stereocenters. The topological polar surface area (TPSA) is 39.9 Å². The monoisotopic (exact) mass is 429 g/mol. The Morgan fingerprint density at radius 3 is 2.65 bits per heavy atom. The van der Waals surface area contributed by atoms with E-state index in [-0.39, 0.29) is 12.2 Å². The van der Waals surface area contributed by atoms with Gasteiger partial charge in [-0.25, -0.2) is 9.67 Å². The lowest BCUT2D eigenvalue weighted by atomic mass is 10.1. The van der Waals surface area contributed by atoms with Crippen molar-refractivity contribution in [1.29, 1.82) is 0 Å². The minimum Gasteiger partial charge on any atom is -0.380 e. The van der Waals surface area contributed by atoms with Gasteiger partial charge in [0.1, 0.15) is 5.82 Å². The van der Waals surface area contributed by atoms with Gasteiger partial charge in [-0.1, -0.05) is 48.3 Å². The Kier molecular flexibility index (Phi) is 7.70. The minimum atomic E-state index is -2.98. The van der Waals surface area contributed by atoms with Gasteiger partial charge in [0.2, 0.25) is 5.82 Å². The zero-order valence-corrected chi connectivity index (χ0v) is 17.2. The van der Waals surface area contributed by atoms with Crippen molar-refractivity contribution >= 4 is 15.9 Å². The van der Waals surface area contributed by atoms with Gasteiger partial charge in [-0.3, -0.25) is 0 Å². The van der Waals surface area contributed by atoms with Gasteiger partial charge in [-0.05, 0) is 30.0 Å². The van der Waals surface area contributed by atoms with Crippen LogP contribution in [0.2, 0.25) is 0 Å². The van der Waals surface area contributed by atoms with Gasteiger partial charge in [0.15, 0.2) is 0 Å². The summed E-state index contributed by atoms with van der Waals surface area (Å²) in [4.78, 5) is 4.18. The van der Waals surface area contributed by atoms with E-state index in [0.717, 1.165) is 28.4 Å². The summed E-state index contributed by atoms with van der Waals surface area (Å²) in [6.07, 6.45) is 2.67. The fourth-order valence-corrected chi connectivity index (χ4v) is 3.13. The summed E-state index contributed by atoms with van der Waals surface area (Å²) in [5.41, 5.74) is 1.99. The first kappa shape index (κ1) is 21.0. The largest absolute Gasteiger partial charge is 0.380 e. The quantitative estimate of drug-likeness (QED) is 0.502. The van der Waals surface area contributed by atoms with Crippen molar-refractivity contribution < 1.29 is 13.5 Å². The Bertz CT molecular complexity index is 719. The van der Waals surface area contributed by atoms with Crippen LogP contribution in [-0.4, -0.2) is 21.9 Å². The molecule has 0 amide bonds. The van der Waals surface area contributed by atoms with E-state index in [1.807, 2.05) is 18.2 Å². The lowest BCUT2D eigenvalue weighted by Crippen LogP contribution is -2.16. The number of hydrogen-bond donors (Lipinski definition) is 0. The molecule has 0 saturated heterocycles. The van der Waals surface area contributed by atoms with E-state index in [9.17, 15) is 8.78 Å². The number of rotatable bonds is 10. The molecule has 4 nitrogen and oxygen atoms in total. The van der Waals surface area contributed by atoms with Crippen LogP contribution in [0.3, 0.4) is 0 Å². The zero-order chi connectivity index (χ0) is 19.2. The number of ether oxygens (including phenoxy) is 1. The van der Waals surface area contributed by atoms with Crippen molar-refractivity contribution in [1.82, 2.24) is 14.8 Å². The van der Waals surface area contributed by atoms with Gasteiger partial charge in [-0.2, -0.15) is 8.78 Å². The molecule has 0 aliphatic heterocycles. The highest BCUT2D eigenvalue weighted by Crippen LogP contribution is 2.31. The molecule has 0 spiro atoms. The van der Waals surface area contributed by atoms with Gasteiger partial charge < -0.3 is 4.74 Å². The molecular weight excluding hydrogens is 404 g/mol. The summed E-state index contributed by atoms with van der Waals surface area (Å²) in [6.45, 7) is 4.70. The molecule has 0 aliphatic rings. The zero-order valence-electron chi connectivity index (χ0n) is 15.6. The fraction of sp³-hybridized carbons (Fsp3) is 0.579. The number of alkyl halides is 2. The maximum atomic E-state index is 14.3. The molecule has 2 aromatic rings. The molecule has 0 N–H and O–H groups in total. The Balaban J connectivity index is 2.32. The number of nitrogens with zero attached hydrogens (tertiary/aromatic N) is 3. The lowest BCUT2D eigenvalue weighted by Gasteiger charge is -2.10. The molecule has 0 radical (unpaired) electrons. The molecule has 144 valence electrons. The highest BCUT2D eigenvalue weighted by Gasteiger charge is 2.36. The van der Waals surface area contributed by atoms with Crippen LogP contribution < -0.4 is 0 Å². The van der Waals surface area contributed by atoms with Crippen molar-refractivity contribution in [3.8, 4) is 0 Å². The maximum absolute atomic E-state index is 14.3. The summed E-state index contributed by atoms with van der Waals surface area (Å²) in [5.74, 6) is -2.73. The standard InChI is InChI=1S/C19H26BrF2N3O/c1-4-6-7-17-23-18(19(21,22)10-5-2)24-25(17)12-14-8-9-16(20)15(11-14)13-26-3/h8-9,11H,4-7,10,12-13H2,1-3H3. The smallest absolute Gasteiger partial charge is 0.308 e. The molecule has 0 bridgehead atoms. The van der Waals surface area contributed by atoms with E-state index in [2.05, 4.69) is 32.9 Å². The first-order valence-electron chi connectivity index (χ1n) is 8.99. The van der Waals surface area contributed by atoms with Crippen LogP contribution in [0.15, 0.2) is 22.7 Å². The lowest BCUT2D eigenvalue weighted by molar-refractivity contribution is -0.0232. The molecule has 0 unspecified atom stereocenters. The predicted octanol–water partition coefficient (Wildman–Crippen LogP) is 5.47. The molecule has 1 aromatic heterocycles. The third-order valence-electron chi connectivity index (χ3n) is 4.14. The van der Waals surface area contributed by atoms with Crippen LogP contribution in [0.5, 0.6) is 0 Å². The normalized spacial score (nSPS) is 11.9. The third kappa shape index (κ3) is 5.33. The first-order chi connectivity index (χ1) is 12.4. The van der Waals surface area contributed by atoms with Crippen LogP contribution in [0, 0.1) is 0 Å². The Hall–Kier alpha value is -1.34. The summed E-state index contributed by atoms with van der Waals surface area (Å²) < 4.78 is 36.3. The van der Waals surface area contributed by atoms with Crippen molar-refractivity contribution in [3.05, 3.63) is 45.4 Å². The number of aromatic nitrogens is 3. The van der Waals surface area contributed by atoms with E-state index in [1.165, 1.54) is 0 Å². The van der Waals surface area contributed by atoms with Crippen molar-refractivity contribution in [3.63, 3.8) is 0 Å². The van der Waals surface area contributed by atoms with Crippen LogP contribution in [0.4, 0.5) is 8.78 Å². The number of benzene rings is 1. The number of methoxy groups -OCH3 is 1. The third-order valence-corrected chi connectivity index (χ3v) is 4.91. The first-order valence-corrected chi connectivity index (χ1v) is 9.78. The molecule has 0 fully saturated rings. The molecular formula is C19H26BrF2N3O. The molecule has 26 heavy (non-hydrogen) atoms. The summed E-state index contributed by atoms with van der Waals surface area (Å²) >= 11 is 3.50. The predicted molar refractivity (Wildman–Crippen MR) is 101 cm³/mol. The van der Waals surface area contributed by atoms with Gasteiger partial charge in [0.25, 0.3) is 0 Å². The van der Waals surface area contributed by atoms with E-state index in [4.69, 9.17) is 4.74 Å². The molecule has 0 saturated carbocycles. The molecule has 2 rings (SSSR count). The number of hydrogen-bond acceptors (Lipinski definition) is 3. The van der Waals surface area contributed by atoms with Crippen LogP contribution in [0.25, 0.3) is 0 Å². The second-order valence-corrected chi connectivity index (χ2v) is 7.28. The van der Waals surface area contributed by atoms with Crippen LogP contribution in [-0.2, 0) is 30.2 Å². The molecule has 7 heteroatoms. The van der Waals surface area contributed by atoms with Crippen LogP contribution in [0.1, 0.15) is 62.3 Å². The van der Waals surface area contributed by atoms with Crippen molar-refractivity contribution in [2.24, 2.45) is 0 Å². The molecule has 1 heterocycles. The van der Waals surface area contributed by atoms with E-state index < -0.39 is 5.92 Å². The van der Waals surface area contributed by atoms with Gasteiger partial charge >= 0.3 is 5.92 Å². The second kappa shape index (κ2) is 9.55. The van der Waals surface area contributed by atoms with E-state index in [0.29, 0.717) is 31.8 Å². The average Bonchev–Trinajstić information content (AvgIpc) is 3.00. The average molecular weight is 430 g/mol. The second-order valence-electron chi connectivity index (χ2n) is 6.43. The molecule has 1 aromatic carbocycles. The summed E-state index contributed by atoms with van der Waals surface area (Å²) in [6, 6.07) is 5.90. The van der Waals surface area contributed by atoms with Gasteiger partial charge in [0, 0.05) is 24.4 Å². The highest BCUT2D eigenvalue weighted by molar-refractivity contribution is 9.10. The van der Waals surface area contributed by atoms with Crippen molar-refractivity contribution in [2.45, 2.75) is 65.0 Å². The minimum absolute atomic E-state index is 0.236. The Morgan fingerprint density at radius 2 is 2.00 bits per heavy atom. The highest BCUT2D eigenvalue weighted by atomic mass is 79.9. The fourth-order valence-electron chi connectivity index (χ4n) is 2.77. The number of halogens is 3. The Labute approximate surface area is 162 Å². The van der Waals surface area contributed by atoms with Gasteiger partial charge in [0.05, 0.1) is 13.2 Å². The van der Waals surface area contributed by atoms with Crippen molar-refractivity contribution in [2.75, 3.05) is 7.11 Å². The van der Waals surface area contributed by atoms with Gasteiger partial charge in [-0.15, -0.1) is 5.10 Å². The summed E-state index contributed by atoms with van der Waals surface area (Å²) in [7, 11) is 1.64. The van der Waals surface area contributed by atoms with E-state index >= 15 is 0 Å². The summed E-state index contributed by atoms with van der Waals surface area (Å²) in [5, 5.41) is 4.16. The number of unbranched alkanes of at least 4 members (excludes halogenated alkanes) is 1. The SMILES string of the molecule is CCCCc1nc(C(F)(F)CCC)nn1Cc1ccc(Br)c(COC)c1. The Morgan fingerprint density at radius 1 is 1.23 bits per heavy atom. The van der Waals surface area contributed by atoms with Crippen LogP contribution >= 0.6 is 15.9 Å².